The van der Waals surface area contributed by atoms with E-state index in [2.05, 4.69) is 15.9 Å². The first-order valence-electron chi connectivity index (χ1n) is 3.82. The van der Waals surface area contributed by atoms with Gasteiger partial charge >= 0.3 is 5.97 Å². The first-order chi connectivity index (χ1) is 6.65. The first kappa shape index (κ1) is 9.99. The summed E-state index contributed by atoms with van der Waals surface area (Å²) in [6.45, 7) is 1.61. The number of carboxylic acid groups (broad SMARTS) is 1. The summed E-state index contributed by atoms with van der Waals surface area (Å²) >= 11 is 0. The molecule has 72 valence electrons. The maximum atomic E-state index is 10.7. The van der Waals surface area contributed by atoms with Crippen LogP contribution in [0.15, 0.2) is 12.4 Å². The number of ether oxygens (including phenoxy) is 1. The summed E-state index contributed by atoms with van der Waals surface area (Å²) in [6, 6.07) is 0. The number of hydrogen-bond acceptors (Lipinski definition) is 4. The van der Waals surface area contributed by atoms with Crippen LogP contribution in [0.3, 0.4) is 0 Å². The van der Waals surface area contributed by atoms with Crippen LogP contribution >= 0.6 is 0 Å². The van der Waals surface area contributed by atoms with Gasteiger partial charge in [-0.25, -0.2) is 14.8 Å². The van der Waals surface area contributed by atoms with Crippen LogP contribution in [0.2, 0.25) is 0 Å². The molecule has 1 heterocycles. The number of carboxylic acids is 1. The van der Waals surface area contributed by atoms with Crippen LogP contribution in [-0.4, -0.2) is 27.1 Å². The highest BCUT2D eigenvalue weighted by atomic mass is 16.5. The lowest BCUT2D eigenvalue weighted by atomic mass is 10.4. The van der Waals surface area contributed by atoms with E-state index in [1.807, 2.05) is 0 Å². The Kier molecular flexibility index (Phi) is 3.02. The summed E-state index contributed by atoms with van der Waals surface area (Å²) in [5.74, 6) is 1.04. The molecule has 0 radical (unpaired) electrons. The third-order valence-electron chi connectivity index (χ3n) is 1.39. The van der Waals surface area contributed by atoms with Crippen molar-refractivity contribution in [2.24, 2.45) is 0 Å². The van der Waals surface area contributed by atoms with Gasteiger partial charge in [0.2, 0.25) is 11.6 Å². The zero-order valence-electron chi connectivity index (χ0n) is 7.47. The lowest BCUT2D eigenvalue weighted by Crippen LogP contribution is -2.13. The van der Waals surface area contributed by atoms with Crippen LogP contribution in [-0.2, 0) is 0 Å². The molecule has 0 spiro atoms. The van der Waals surface area contributed by atoms with Crippen LogP contribution in [0, 0.1) is 12.3 Å². The van der Waals surface area contributed by atoms with Crippen molar-refractivity contribution in [3.8, 4) is 18.2 Å². The van der Waals surface area contributed by atoms with Crippen molar-refractivity contribution < 1.29 is 14.6 Å². The average Bonchev–Trinajstić information content (AvgIpc) is 2.18. The first-order valence-corrected chi connectivity index (χ1v) is 3.82. The number of carbonyl (C=O) groups is 1. The van der Waals surface area contributed by atoms with Gasteiger partial charge in [-0.05, 0) is 6.92 Å². The summed E-state index contributed by atoms with van der Waals surface area (Å²) in [6.07, 6.45) is 7.15. The zero-order valence-corrected chi connectivity index (χ0v) is 7.47. The Morgan fingerprint density at radius 3 is 2.86 bits per heavy atom. The molecule has 1 unspecified atom stereocenters. The second-order valence-corrected chi connectivity index (χ2v) is 2.44. The molecule has 5 heteroatoms. The lowest BCUT2D eigenvalue weighted by molar-refractivity contribution is 0.0683. The standard InChI is InChI=1S/C9H8N2O3/c1-3-6(2)14-8-7(9(12)13)10-4-5-11-8/h1,4-6H,2H3,(H,12,13). The molecule has 1 N–H and O–H groups in total. The molecule has 1 aromatic heterocycles. The van der Waals surface area contributed by atoms with Crippen molar-refractivity contribution in [2.75, 3.05) is 0 Å². The number of rotatable bonds is 3. The van der Waals surface area contributed by atoms with E-state index in [1.54, 1.807) is 6.92 Å². The highest BCUT2D eigenvalue weighted by molar-refractivity contribution is 5.87. The van der Waals surface area contributed by atoms with Crippen molar-refractivity contribution in [1.29, 1.82) is 0 Å². The van der Waals surface area contributed by atoms with Gasteiger partial charge in [-0.1, -0.05) is 5.92 Å². The topological polar surface area (TPSA) is 72.3 Å². The second-order valence-electron chi connectivity index (χ2n) is 2.44. The van der Waals surface area contributed by atoms with Crippen molar-refractivity contribution in [2.45, 2.75) is 13.0 Å². The van der Waals surface area contributed by atoms with Gasteiger partial charge in [0, 0.05) is 12.4 Å². The molecule has 0 bridgehead atoms. The molecular formula is C9H8N2O3. The summed E-state index contributed by atoms with van der Waals surface area (Å²) in [4.78, 5) is 18.0. The molecule has 0 aliphatic carbocycles. The highest BCUT2D eigenvalue weighted by Crippen LogP contribution is 2.12. The van der Waals surface area contributed by atoms with Crippen LogP contribution in [0.5, 0.6) is 5.88 Å². The lowest BCUT2D eigenvalue weighted by Gasteiger charge is -2.08. The SMILES string of the molecule is C#CC(C)Oc1nccnc1C(=O)O. The third kappa shape index (κ3) is 2.20. The molecule has 0 fully saturated rings. The molecule has 0 saturated carbocycles. The Morgan fingerprint density at radius 2 is 2.29 bits per heavy atom. The minimum Gasteiger partial charge on any atom is -0.476 e. The van der Waals surface area contributed by atoms with Crippen LogP contribution < -0.4 is 4.74 Å². The fraction of sp³-hybridized carbons (Fsp3) is 0.222. The average molecular weight is 192 g/mol. The Bertz CT molecular complexity index is 384. The van der Waals surface area contributed by atoms with Gasteiger partial charge in [0.15, 0.2) is 6.10 Å². The third-order valence-corrected chi connectivity index (χ3v) is 1.39. The predicted octanol–water partition coefficient (Wildman–Crippen LogP) is 0.575. The Balaban J connectivity index is 2.97. The molecular weight excluding hydrogens is 184 g/mol. The van der Waals surface area contributed by atoms with E-state index in [0.717, 1.165) is 0 Å². The van der Waals surface area contributed by atoms with Crippen molar-refractivity contribution in [3.05, 3.63) is 18.1 Å². The molecule has 1 atom stereocenters. The highest BCUT2D eigenvalue weighted by Gasteiger charge is 2.15. The summed E-state index contributed by atoms with van der Waals surface area (Å²) in [5, 5.41) is 8.72. The predicted molar refractivity (Wildman–Crippen MR) is 47.9 cm³/mol. The summed E-state index contributed by atoms with van der Waals surface area (Å²) in [5.41, 5.74) is -0.241. The van der Waals surface area contributed by atoms with E-state index in [0.29, 0.717) is 0 Å². The Labute approximate surface area is 80.8 Å². The van der Waals surface area contributed by atoms with E-state index in [9.17, 15) is 4.79 Å². The molecule has 0 saturated heterocycles. The molecule has 1 rings (SSSR count). The largest absolute Gasteiger partial charge is 0.476 e. The van der Waals surface area contributed by atoms with E-state index in [-0.39, 0.29) is 11.6 Å². The summed E-state index contributed by atoms with van der Waals surface area (Å²) < 4.78 is 5.07. The fourth-order valence-electron chi connectivity index (χ4n) is 0.760. The maximum absolute atomic E-state index is 10.7. The fourth-order valence-corrected chi connectivity index (χ4v) is 0.760. The van der Waals surface area contributed by atoms with Crippen LogP contribution in [0.1, 0.15) is 17.4 Å². The summed E-state index contributed by atoms with van der Waals surface area (Å²) in [7, 11) is 0. The van der Waals surface area contributed by atoms with Crippen molar-refractivity contribution in [3.63, 3.8) is 0 Å². The molecule has 0 aliphatic heterocycles. The van der Waals surface area contributed by atoms with Gasteiger partial charge in [0.1, 0.15) is 0 Å². The van der Waals surface area contributed by atoms with Gasteiger partial charge < -0.3 is 9.84 Å². The normalized spacial score (nSPS) is 11.4. The van der Waals surface area contributed by atoms with Gasteiger partial charge in [-0.3, -0.25) is 0 Å². The molecule has 0 aromatic carbocycles. The van der Waals surface area contributed by atoms with Crippen LogP contribution in [0.25, 0.3) is 0 Å². The van der Waals surface area contributed by atoms with Crippen molar-refractivity contribution in [1.82, 2.24) is 9.97 Å². The van der Waals surface area contributed by atoms with Crippen LogP contribution in [0.4, 0.5) is 0 Å². The Hall–Kier alpha value is -2.09. The number of hydrogen-bond donors (Lipinski definition) is 1. The quantitative estimate of drug-likeness (QED) is 0.709. The minimum atomic E-state index is -1.20. The molecule has 0 aliphatic rings. The van der Waals surface area contributed by atoms with E-state index >= 15 is 0 Å². The monoisotopic (exact) mass is 192 g/mol. The minimum absolute atomic E-state index is 0.0644. The number of nitrogens with zero attached hydrogens (tertiary/aromatic N) is 2. The second kappa shape index (κ2) is 4.23. The zero-order chi connectivity index (χ0) is 10.6. The molecule has 0 amide bonds. The van der Waals surface area contributed by atoms with E-state index in [4.69, 9.17) is 16.3 Å². The van der Waals surface area contributed by atoms with Gasteiger partial charge in [0.05, 0.1) is 0 Å². The van der Waals surface area contributed by atoms with Gasteiger partial charge in [0.25, 0.3) is 0 Å². The Morgan fingerprint density at radius 1 is 1.64 bits per heavy atom. The number of terminal acetylenes is 1. The number of aromatic carboxylic acids is 1. The van der Waals surface area contributed by atoms with Gasteiger partial charge in [-0.2, -0.15) is 0 Å². The van der Waals surface area contributed by atoms with Crippen molar-refractivity contribution >= 4 is 5.97 Å². The maximum Gasteiger partial charge on any atom is 0.360 e. The molecule has 14 heavy (non-hydrogen) atoms. The molecule has 5 nitrogen and oxygen atoms in total. The number of aromatic nitrogens is 2. The molecule has 1 aromatic rings. The van der Waals surface area contributed by atoms with Gasteiger partial charge in [-0.15, -0.1) is 6.42 Å². The van der Waals surface area contributed by atoms with E-state index in [1.165, 1.54) is 12.4 Å². The smallest absolute Gasteiger partial charge is 0.360 e. The van der Waals surface area contributed by atoms with E-state index < -0.39 is 12.1 Å².